The number of carbonyl (C=O) groups excluding carboxylic acids is 1. The zero-order valence-corrected chi connectivity index (χ0v) is 15.3. The zero-order valence-electron chi connectivity index (χ0n) is 14.4. The summed E-state index contributed by atoms with van der Waals surface area (Å²) in [5, 5.41) is 5.78. The Balaban J connectivity index is 1.46. The maximum absolute atomic E-state index is 12.4. The van der Waals surface area contributed by atoms with E-state index in [9.17, 15) is 4.79 Å². The van der Waals surface area contributed by atoms with Gasteiger partial charge in [-0.1, -0.05) is 30.3 Å². The van der Waals surface area contributed by atoms with Crippen LogP contribution in [0.5, 0.6) is 0 Å². The number of nitrogens with two attached hydrogens (primary N) is 2. The van der Waals surface area contributed by atoms with E-state index in [0.717, 1.165) is 21.8 Å². The van der Waals surface area contributed by atoms with E-state index in [2.05, 4.69) is 10.3 Å². The molecule has 6 nitrogen and oxygen atoms in total. The second kappa shape index (κ2) is 7.32. The Hall–Kier alpha value is -3.00. The van der Waals surface area contributed by atoms with Gasteiger partial charge < -0.3 is 21.7 Å². The predicted octanol–water partition coefficient (Wildman–Crippen LogP) is 3.52. The Morgan fingerprint density at radius 1 is 1.11 bits per heavy atom. The summed E-state index contributed by atoms with van der Waals surface area (Å²) < 4.78 is 0. The standard InChI is InChI=1S/C20H19N5OS/c21-17(13-4-2-1-3-5-13)19(26)24-14-6-8-15(9-7-14)25-12-23-20-16(18(25)22)10-11-27-20/h1-12,17-18H,21-22H2,(H,24,26). The normalized spacial score (nSPS) is 16.7. The van der Waals surface area contributed by atoms with Crippen molar-refractivity contribution >= 4 is 40.0 Å². The Kier molecular flexibility index (Phi) is 4.72. The summed E-state index contributed by atoms with van der Waals surface area (Å²) in [4.78, 5) is 18.7. The smallest absolute Gasteiger partial charge is 0.245 e. The number of aliphatic imine (C=N–C) groups is 1. The van der Waals surface area contributed by atoms with E-state index in [1.165, 1.54) is 0 Å². The Bertz CT molecular complexity index is 968. The highest BCUT2D eigenvalue weighted by Gasteiger charge is 2.23. The molecule has 3 aromatic rings. The van der Waals surface area contributed by atoms with Crippen LogP contribution in [0.2, 0.25) is 0 Å². The van der Waals surface area contributed by atoms with Crippen molar-refractivity contribution in [3.05, 3.63) is 77.2 Å². The van der Waals surface area contributed by atoms with E-state index in [1.54, 1.807) is 17.7 Å². The monoisotopic (exact) mass is 377 g/mol. The Morgan fingerprint density at radius 3 is 2.59 bits per heavy atom. The molecule has 2 atom stereocenters. The molecule has 1 amide bonds. The summed E-state index contributed by atoms with van der Waals surface area (Å²) in [6.07, 6.45) is 1.46. The zero-order chi connectivity index (χ0) is 18.8. The van der Waals surface area contributed by atoms with Gasteiger partial charge in [0.1, 0.15) is 17.2 Å². The maximum Gasteiger partial charge on any atom is 0.245 e. The highest BCUT2D eigenvalue weighted by molar-refractivity contribution is 7.14. The van der Waals surface area contributed by atoms with Crippen molar-refractivity contribution < 1.29 is 4.79 Å². The molecule has 1 aromatic heterocycles. The number of carbonyl (C=O) groups is 1. The molecule has 4 rings (SSSR count). The summed E-state index contributed by atoms with van der Waals surface area (Å²) in [5.41, 5.74) is 15.7. The lowest BCUT2D eigenvalue weighted by molar-refractivity contribution is -0.117. The first-order chi connectivity index (χ1) is 13.1. The van der Waals surface area contributed by atoms with Gasteiger partial charge in [0.2, 0.25) is 5.91 Å². The molecule has 27 heavy (non-hydrogen) atoms. The third-order valence-electron chi connectivity index (χ3n) is 4.47. The molecular weight excluding hydrogens is 358 g/mol. The lowest BCUT2D eigenvalue weighted by Gasteiger charge is -2.29. The minimum Gasteiger partial charge on any atom is -0.324 e. The van der Waals surface area contributed by atoms with Crippen molar-refractivity contribution in [2.75, 3.05) is 10.2 Å². The van der Waals surface area contributed by atoms with Gasteiger partial charge in [-0.05, 0) is 41.3 Å². The lowest BCUT2D eigenvalue weighted by Crippen LogP contribution is -2.35. The third-order valence-corrected chi connectivity index (χ3v) is 5.30. The average molecular weight is 377 g/mol. The molecule has 0 saturated carbocycles. The fourth-order valence-electron chi connectivity index (χ4n) is 2.95. The molecule has 0 bridgehead atoms. The number of nitrogens with zero attached hydrogens (tertiary/aromatic N) is 2. The van der Waals surface area contributed by atoms with Gasteiger partial charge in [0.05, 0.1) is 6.34 Å². The van der Waals surface area contributed by atoms with Gasteiger partial charge in [0.15, 0.2) is 0 Å². The number of amides is 1. The molecular formula is C20H19N5OS. The SMILES string of the molecule is NC(C(=O)Nc1ccc(N2C=Nc3sccc3C2N)cc1)c1ccccc1. The van der Waals surface area contributed by atoms with Crippen LogP contribution in [0, 0.1) is 0 Å². The summed E-state index contributed by atoms with van der Waals surface area (Å²) >= 11 is 1.57. The first kappa shape index (κ1) is 17.4. The van der Waals surface area contributed by atoms with Crippen molar-refractivity contribution in [2.45, 2.75) is 12.2 Å². The van der Waals surface area contributed by atoms with Gasteiger partial charge in [0, 0.05) is 16.9 Å². The van der Waals surface area contributed by atoms with Gasteiger partial charge in [-0.15, -0.1) is 11.3 Å². The first-order valence-corrected chi connectivity index (χ1v) is 9.38. The van der Waals surface area contributed by atoms with Gasteiger partial charge in [-0.3, -0.25) is 4.79 Å². The van der Waals surface area contributed by atoms with Crippen molar-refractivity contribution in [3.63, 3.8) is 0 Å². The second-order valence-corrected chi connectivity index (χ2v) is 7.10. The van der Waals surface area contributed by atoms with Crippen LogP contribution in [0.4, 0.5) is 16.4 Å². The van der Waals surface area contributed by atoms with Crippen LogP contribution in [0.3, 0.4) is 0 Å². The fraction of sp³-hybridized carbons (Fsp3) is 0.100. The fourth-order valence-corrected chi connectivity index (χ4v) is 3.73. The van der Waals surface area contributed by atoms with Crippen molar-refractivity contribution in [3.8, 4) is 0 Å². The highest BCUT2D eigenvalue weighted by atomic mass is 32.1. The van der Waals surface area contributed by atoms with Crippen LogP contribution < -0.4 is 21.7 Å². The Morgan fingerprint density at radius 2 is 1.85 bits per heavy atom. The van der Waals surface area contributed by atoms with Crippen LogP contribution in [-0.2, 0) is 4.79 Å². The number of rotatable bonds is 4. The quantitative estimate of drug-likeness (QED) is 0.648. The van der Waals surface area contributed by atoms with E-state index in [4.69, 9.17) is 11.5 Å². The average Bonchev–Trinajstić information content (AvgIpc) is 3.19. The lowest BCUT2D eigenvalue weighted by atomic mass is 10.1. The molecule has 0 saturated heterocycles. The third kappa shape index (κ3) is 3.48. The van der Waals surface area contributed by atoms with Gasteiger partial charge >= 0.3 is 0 Å². The summed E-state index contributed by atoms with van der Waals surface area (Å²) in [6, 6.07) is 18.0. The molecule has 7 heteroatoms. The number of fused-ring (bicyclic) bond motifs is 1. The Labute approximate surface area is 161 Å². The molecule has 1 aliphatic heterocycles. The first-order valence-electron chi connectivity index (χ1n) is 8.50. The maximum atomic E-state index is 12.4. The van der Waals surface area contributed by atoms with Crippen molar-refractivity contribution in [2.24, 2.45) is 16.5 Å². The summed E-state index contributed by atoms with van der Waals surface area (Å²) in [6.45, 7) is 0. The van der Waals surface area contributed by atoms with E-state index < -0.39 is 6.04 Å². The van der Waals surface area contributed by atoms with Gasteiger partial charge in [-0.2, -0.15) is 0 Å². The number of thiophene rings is 1. The topological polar surface area (TPSA) is 96.7 Å². The van der Waals surface area contributed by atoms with Crippen LogP contribution in [0.25, 0.3) is 0 Å². The van der Waals surface area contributed by atoms with Gasteiger partial charge in [0.25, 0.3) is 0 Å². The second-order valence-electron chi connectivity index (χ2n) is 6.20. The molecule has 2 aromatic carbocycles. The molecule has 2 heterocycles. The predicted molar refractivity (Wildman–Crippen MR) is 110 cm³/mol. The van der Waals surface area contributed by atoms with Crippen LogP contribution in [-0.4, -0.2) is 12.2 Å². The molecule has 0 fully saturated rings. The molecule has 2 unspecified atom stereocenters. The molecule has 136 valence electrons. The number of anilines is 2. The van der Waals surface area contributed by atoms with Crippen molar-refractivity contribution in [1.29, 1.82) is 0 Å². The van der Waals surface area contributed by atoms with Crippen LogP contribution >= 0.6 is 11.3 Å². The summed E-state index contributed by atoms with van der Waals surface area (Å²) in [5.74, 6) is -0.256. The number of hydrogen-bond acceptors (Lipinski definition) is 6. The molecule has 5 N–H and O–H groups in total. The highest BCUT2D eigenvalue weighted by Crippen LogP contribution is 2.36. The van der Waals surface area contributed by atoms with E-state index in [0.29, 0.717) is 5.69 Å². The molecule has 0 spiro atoms. The van der Waals surface area contributed by atoms with Crippen LogP contribution in [0.1, 0.15) is 23.3 Å². The van der Waals surface area contributed by atoms with Crippen molar-refractivity contribution in [1.82, 2.24) is 0 Å². The molecule has 0 aliphatic carbocycles. The van der Waals surface area contributed by atoms with Crippen LogP contribution in [0.15, 0.2) is 71.0 Å². The van der Waals surface area contributed by atoms with E-state index in [1.807, 2.05) is 70.9 Å². The molecule has 0 radical (unpaired) electrons. The van der Waals surface area contributed by atoms with E-state index >= 15 is 0 Å². The summed E-state index contributed by atoms with van der Waals surface area (Å²) in [7, 11) is 0. The number of hydrogen-bond donors (Lipinski definition) is 3. The largest absolute Gasteiger partial charge is 0.324 e. The number of benzene rings is 2. The van der Waals surface area contributed by atoms with E-state index in [-0.39, 0.29) is 12.1 Å². The number of nitrogens with one attached hydrogen (secondary N) is 1. The van der Waals surface area contributed by atoms with Gasteiger partial charge in [-0.25, -0.2) is 4.99 Å². The minimum absolute atomic E-state index is 0.256. The minimum atomic E-state index is -0.717. The molecule has 1 aliphatic rings.